The Morgan fingerprint density at radius 3 is 2.58 bits per heavy atom. The van der Waals surface area contributed by atoms with E-state index in [9.17, 15) is 9.59 Å². The topological polar surface area (TPSA) is 79.3 Å². The normalized spacial score (nSPS) is 25.4. The summed E-state index contributed by atoms with van der Waals surface area (Å²) in [5, 5.41) is 11.9. The van der Waals surface area contributed by atoms with E-state index >= 15 is 0 Å². The molecule has 0 aliphatic heterocycles. The number of pyridine rings is 1. The summed E-state index contributed by atoms with van der Waals surface area (Å²) < 4.78 is 0. The van der Waals surface area contributed by atoms with E-state index in [-0.39, 0.29) is 11.9 Å². The molecule has 0 bridgehead atoms. The standard InChI is InChI=1S/C14H18N2O3/c1-8(9-5-4-6-15-7-9)16-12(17)10-11(13(18)19)14(10,2)3/h4-8,10-11H,1-3H3,(H,16,17)(H,18,19)/t8-,10-,11+/m1/s1. The van der Waals surface area contributed by atoms with Gasteiger partial charge >= 0.3 is 5.97 Å². The Labute approximate surface area is 112 Å². The number of aromatic nitrogens is 1. The van der Waals surface area contributed by atoms with Crippen molar-refractivity contribution >= 4 is 11.9 Å². The van der Waals surface area contributed by atoms with Gasteiger partial charge in [-0.15, -0.1) is 0 Å². The number of carboxylic acids is 1. The van der Waals surface area contributed by atoms with Gasteiger partial charge in [-0.3, -0.25) is 14.6 Å². The number of carboxylic acid groups (broad SMARTS) is 1. The summed E-state index contributed by atoms with van der Waals surface area (Å²) in [7, 11) is 0. The minimum Gasteiger partial charge on any atom is -0.481 e. The lowest BCUT2D eigenvalue weighted by molar-refractivity contribution is -0.140. The van der Waals surface area contributed by atoms with Gasteiger partial charge in [0.15, 0.2) is 0 Å². The van der Waals surface area contributed by atoms with E-state index in [0.29, 0.717) is 0 Å². The van der Waals surface area contributed by atoms with Crippen molar-refractivity contribution < 1.29 is 14.7 Å². The van der Waals surface area contributed by atoms with Crippen LogP contribution < -0.4 is 5.32 Å². The van der Waals surface area contributed by atoms with Crippen molar-refractivity contribution in [1.82, 2.24) is 10.3 Å². The first-order chi connectivity index (χ1) is 8.85. The molecule has 2 rings (SSSR count). The summed E-state index contributed by atoms with van der Waals surface area (Å²) >= 11 is 0. The van der Waals surface area contributed by atoms with E-state index in [2.05, 4.69) is 10.3 Å². The number of amides is 1. The van der Waals surface area contributed by atoms with Crippen molar-refractivity contribution in [2.75, 3.05) is 0 Å². The number of aliphatic carboxylic acids is 1. The molecule has 5 nitrogen and oxygen atoms in total. The number of hydrogen-bond donors (Lipinski definition) is 2. The first kappa shape index (κ1) is 13.5. The van der Waals surface area contributed by atoms with Crippen LogP contribution in [0.5, 0.6) is 0 Å². The third kappa shape index (κ3) is 2.45. The molecule has 102 valence electrons. The summed E-state index contributed by atoms with van der Waals surface area (Å²) in [5.41, 5.74) is 0.436. The fraction of sp³-hybridized carbons (Fsp3) is 0.500. The molecule has 1 aliphatic rings. The number of carbonyl (C=O) groups is 2. The highest BCUT2D eigenvalue weighted by Crippen LogP contribution is 2.58. The Kier molecular flexibility index (Phi) is 3.30. The van der Waals surface area contributed by atoms with Crippen LogP contribution in [-0.4, -0.2) is 22.0 Å². The summed E-state index contributed by atoms with van der Waals surface area (Å²) in [6, 6.07) is 3.51. The maximum atomic E-state index is 12.1. The van der Waals surface area contributed by atoms with Crippen molar-refractivity contribution in [1.29, 1.82) is 0 Å². The molecule has 0 aromatic carbocycles. The van der Waals surface area contributed by atoms with Crippen LogP contribution in [-0.2, 0) is 9.59 Å². The predicted molar refractivity (Wildman–Crippen MR) is 69.2 cm³/mol. The van der Waals surface area contributed by atoms with Gasteiger partial charge in [0.25, 0.3) is 0 Å². The van der Waals surface area contributed by atoms with Gasteiger partial charge in [-0.2, -0.15) is 0 Å². The van der Waals surface area contributed by atoms with Crippen LogP contribution in [0.4, 0.5) is 0 Å². The third-order valence-corrected chi connectivity index (χ3v) is 3.92. The number of hydrogen-bond acceptors (Lipinski definition) is 3. The molecule has 1 aromatic heterocycles. The highest BCUT2D eigenvalue weighted by Gasteiger charge is 2.65. The highest BCUT2D eigenvalue weighted by atomic mass is 16.4. The Morgan fingerprint density at radius 1 is 1.42 bits per heavy atom. The number of carbonyl (C=O) groups excluding carboxylic acids is 1. The smallest absolute Gasteiger partial charge is 0.307 e. The Bertz CT molecular complexity index is 499. The zero-order valence-corrected chi connectivity index (χ0v) is 11.3. The van der Waals surface area contributed by atoms with Gasteiger partial charge in [0.05, 0.1) is 17.9 Å². The van der Waals surface area contributed by atoms with Gasteiger partial charge in [0, 0.05) is 12.4 Å². The van der Waals surface area contributed by atoms with E-state index in [4.69, 9.17) is 5.11 Å². The first-order valence-corrected chi connectivity index (χ1v) is 6.29. The summed E-state index contributed by atoms with van der Waals surface area (Å²) in [4.78, 5) is 27.2. The largest absolute Gasteiger partial charge is 0.481 e. The first-order valence-electron chi connectivity index (χ1n) is 6.29. The number of nitrogens with one attached hydrogen (secondary N) is 1. The van der Waals surface area contributed by atoms with E-state index < -0.39 is 23.2 Å². The van der Waals surface area contributed by atoms with Gasteiger partial charge in [-0.05, 0) is 24.0 Å². The van der Waals surface area contributed by atoms with E-state index in [1.165, 1.54) is 0 Å². The lowest BCUT2D eigenvalue weighted by Crippen LogP contribution is -2.30. The average Bonchev–Trinajstić information content (AvgIpc) is 2.93. The summed E-state index contributed by atoms with van der Waals surface area (Å²) in [6.45, 7) is 5.48. The molecular weight excluding hydrogens is 244 g/mol. The third-order valence-electron chi connectivity index (χ3n) is 3.92. The SMILES string of the molecule is C[C@@H](NC(=O)[C@H]1[C@@H](C(=O)O)C1(C)C)c1cccnc1. The quantitative estimate of drug-likeness (QED) is 0.864. The van der Waals surface area contributed by atoms with Gasteiger partial charge in [0.2, 0.25) is 5.91 Å². The minimum atomic E-state index is -0.904. The molecule has 0 unspecified atom stereocenters. The summed E-state index contributed by atoms with van der Waals surface area (Å²) in [6.07, 6.45) is 3.36. The molecule has 19 heavy (non-hydrogen) atoms. The second-order valence-electron chi connectivity index (χ2n) is 5.63. The van der Waals surface area contributed by atoms with Gasteiger partial charge in [-0.1, -0.05) is 19.9 Å². The second kappa shape index (κ2) is 4.64. The van der Waals surface area contributed by atoms with Crippen LogP contribution >= 0.6 is 0 Å². The van der Waals surface area contributed by atoms with Crippen molar-refractivity contribution in [2.45, 2.75) is 26.8 Å². The lowest BCUT2D eigenvalue weighted by atomic mass is 10.1. The van der Waals surface area contributed by atoms with Crippen LogP contribution in [0.2, 0.25) is 0 Å². The highest BCUT2D eigenvalue weighted by molar-refractivity contribution is 5.91. The van der Waals surface area contributed by atoms with Crippen molar-refractivity contribution in [3.8, 4) is 0 Å². The molecule has 3 atom stereocenters. The maximum absolute atomic E-state index is 12.1. The molecule has 0 spiro atoms. The monoisotopic (exact) mass is 262 g/mol. The van der Waals surface area contributed by atoms with Crippen molar-refractivity contribution in [3.63, 3.8) is 0 Å². The molecule has 1 amide bonds. The second-order valence-corrected chi connectivity index (χ2v) is 5.63. The van der Waals surface area contributed by atoms with Gasteiger partial charge in [-0.25, -0.2) is 0 Å². The molecule has 2 N–H and O–H groups in total. The molecule has 0 saturated heterocycles. The molecule has 1 aliphatic carbocycles. The zero-order chi connectivity index (χ0) is 14.2. The van der Waals surface area contributed by atoms with Gasteiger partial charge < -0.3 is 10.4 Å². The van der Waals surface area contributed by atoms with E-state index in [1.54, 1.807) is 18.5 Å². The maximum Gasteiger partial charge on any atom is 0.307 e. The van der Waals surface area contributed by atoms with Crippen molar-refractivity contribution in [2.24, 2.45) is 17.3 Å². The lowest BCUT2D eigenvalue weighted by Gasteiger charge is -2.14. The zero-order valence-electron chi connectivity index (χ0n) is 11.3. The minimum absolute atomic E-state index is 0.174. The van der Waals surface area contributed by atoms with Crippen LogP contribution in [0.3, 0.4) is 0 Å². The van der Waals surface area contributed by atoms with Gasteiger partial charge in [0.1, 0.15) is 0 Å². The predicted octanol–water partition coefficient (Wildman–Crippen LogP) is 1.62. The molecule has 1 fully saturated rings. The molecule has 5 heteroatoms. The molecular formula is C14H18N2O3. The number of rotatable bonds is 4. The molecule has 1 saturated carbocycles. The Balaban J connectivity index is 2.02. The van der Waals surface area contributed by atoms with Crippen molar-refractivity contribution in [3.05, 3.63) is 30.1 Å². The summed E-state index contributed by atoms with van der Waals surface area (Å²) in [5.74, 6) is -2.15. The fourth-order valence-corrected chi connectivity index (χ4v) is 2.61. The van der Waals surface area contributed by atoms with E-state index in [1.807, 2.05) is 26.8 Å². The number of nitrogens with zero attached hydrogens (tertiary/aromatic N) is 1. The molecule has 1 heterocycles. The van der Waals surface area contributed by atoms with Crippen LogP contribution in [0.15, 0.2) is 24.5 Å². The van der Waals surface area contributed by atoms with Crippen LogP contribution in [0.25, 0.3) is 0 Å². The van der Waals surface area contributed by atoms with Crippen LogP contribution in [0.1, 0.15) is 32.4 Å². The molecule has 0 radical (unpaired) electrons. The molecule has 1 aromatic rings. The fourth-order valence-electron chi connectivity index (χ4n) is 2.61. The van der Waals surface area contributed by atoms with Crippen LogP contribution in [0, 0.1) is 17.3 Å². The Hall–Kier alpha value is -1.91. The van der Waals surface area contributed by atoms with E-state index in [0.717, 1.165) is 5.56 Å². The average molecular weight is 262 g/mol. The Morgan fingerprint density at radius 2 is 2.11 bits per heavy atom.